The highest BCUT2D eigenvalue weighted by atomic mass is 32.1. The van der Waals surface area contributed by atoms with Gasteiger partial charge in [-0.2, -0.15) is 11.3 Å². The first-order valence-electron chi connectivity index (χ1n) is 9.45. The third-order valence-electron chi connectivity index (χ3n) is 5.54. The van der Waals surface area contributed by atoms with Gasteiger partial charge >= 0.3 is 0 Å². The van der Waals surface area contributed by atoms with Crippen LogP contribution in [0, 0.1) is 0 Å². The number of thiophene rings is 1. The monoisotopic (exact) mass is 357 g/mol. The Hall–Kier alpha value is -1.20. The number of benzene rings is 1. The minimum absolute atomic E-state index is 0.144. The number of fused-ring (bicyclic) bond motifs is 1. The van der Waals surface area contributed by atoms with E-state index in [9.17, 15) is 5.11 Å². The lowest BCUT2D eigenvalue weighted by Gasteiger charge is -2.29. The highest BCUT2D eigenvalue weighted by Crippen LogP contribution is 2.34. The number of aryl methyl sites for hydroxylation is 1. The fourth-order valence-corrected chi connectivity index (χ4v) is 5.03. The molecule has 2 aliphatic rings. The highest BCUT2D eigenvalue weighted by Gasteiger charge is 2.28. The first kappa shape index (κ1) is 17.2. The molecule has 0 saturated carbocycles. The molecule has 3 atom stereocenters. The van der Waals surface area contributed by atoms with Gasteiger partial charge in [0.25, 0.3) is 0 Å². The van der Waals surface area contributed by atoms with Crippen LogP contribution in [0.1, 0.15) is 54.5 Å². The van der Waals surface area contributed by atoms with E-state index in [0.717, 1.165) is 19.4 Å². The molecule has 134 valence electrons. The molecule has 1 N–H and O–H groups in total. The van der Waals surface area contributed by atoms with Crippen molar-refractivity contribution in [2.75, 3.05) is 19.7 Å². The summed E-state index contributed by atoms with van der Waals surface area (Å²) in [4.78, 5) is 2.42. The number of aliphatic hydroxyl groups is 1. The maximum Gasteiger partial charge on any atom is 0.0900 e. The number of ether oxygens (including phenoxy) is 1. The zero-order chi connectivity index (χ0) is 17.1. The molecule has 1 aliphatic carbocycles. The van der Waals surface area contributed by atoms with Crippen LogP contribution in [0.15, 0.2) is 41.1 Å². The molecular weight excluding hydrogens is 330 g/mol. The molecule has 1 aliphatic heterocycles. The van der Waals surface area contributed by atoms with Crippen molar-refractivity contribution in [3.63, 3.8) is 0 Å². The molecule has 2 aromatic rings. The smallest absolute Gasteiger partial charge is 0.0900 e. The SMILES string of the molecule is OC(COC1CCCc2ccccc21)CN1CCCC1c1ccsc1. The topological polar surface area (TPSA) is 32.7 Å². The van der Waals surface area contributed by atoms with Crippen molar-refractivity contribution in [3.05, 3.63) is 57.8 Å². The third-order valence-corrected chi connectivity index (χ3v) is 6.24. The van der Waals surface area contributed by atoms with Gasteiger partial charge in [-0.3, -0.25) is 4.90 Å². The van der Waals surface area contributed by atoms with Crippen LogP contribution in [-0.4, -0.2) is 35.8 Å². The average molecular weight is 358 g/mol. The molecule has 1 fully saturated rings. The lowest BCUT2D eigenvalue weighted by molar-refractivity contribution is -0.0294. The highest BCUT2D eigenvalue weighted by molar-refractivity contribution is 7.07. The van der Waals surface area contributed by atoms with E-state index in [1.807, 2.05) is 0 Å². The van der Waals surface area contributed by atoms with Crippen LogP contribution in [0.5, 0.6) is 0 Å². The van der Waals surface area contributed by atoms with Crippen LogP contribution in [0.25, 0.3) is 0 Å². The van der Waals surface area contributed by atoms with E-state index in [1.165, 1.54) is 36.0 Å². The van der Waals surface area contributed by atoms with Gasteiger partial charge in [-0.15, -0.1) is 0 Å². The largest absolute Gasteiger partial charge is 0.389 e. The molecule has 1 aromatic carbocycles. The first-order valence-corrected chi connectivity index (χ1v) is 10.4. The number of likely N-dealkylation sites (tertiary alicyclic amines) is 1. The van der Waals surface area contributed by atoms with E-state index in [-0.39, 0.29) is 6.10 Å². The molecule has 25 heavy (non-hydrogen) atoms. The lowest BCUT2D eigenvalue weighted by atomic mass is 9.89. The number of hydrogen-bond donors (Lipinski definition) is 1. The Morgan fingerprint density at radius 3 is 3.00 bits per heavy atom. The van der Waals surface area contributed by atoms with Crippen molar-refractivity contribution in [1.29, 1.82) is 0 Å². The van der Waals surface area contributed by atoms with Crippen LogP contribution < -0.4 is 0 Å². The standard InChI is InChI=1S/C21H27NO2S/c23-18(13-22-11-4-8-20(22)17-10-12-25-15-17)14-24-21-9-3-6-16-5-1-2-7-19(16)21/h1-2,5,7,10,12,15,18,20-21,23H,3-4,6,8-9,11,13-14H2. The Bertz CT molecular complexity index is 672. The summed E-state index contributed by atoms with van der Waals surface area (Å²) < 4.78 is 6.13. The summed E-state index contributed by atoms with van der Waals surface area (Å²) in [7, 11) is 0. The quantitative estimate of drug-likeness (QED) is 0.835. The van der Waals surface area contributed by atoms with Crippen LogP contribution in [0.4, 0.5) is 0 Å². The minimum atomic E-state index is -0.423. The first-order chi connectivity index (χ1) is 12.3. The third kappa shape index (κ3) is 3.98. The number of β-amino-alcohol motifs (C(OH)–C–C–N with tert-alkyl or cyclic N) is 1. The lowest BCUT2D eigenvalue weighted by Crippen LogP contribution is -2.35. The molecule has 0 spiro atoms. The fraction of sp³-hybridized carbons (Fsp3) is 0.524. The second-order valence-corrected chi connectivity index (χ2v) is 8.06. The predicted octanol–water partition coefficient (Wildman–Crippen LogP) is 4.34. The van der Waals surface area contributed by atoms with Crippen molar-refractivity contribution in [3.8, 4) is 0 Å². The summed E-state index contributed by atoms with van der Waals surface area (Å²) in [5.74, 6) is 0. The van der Waals surface area contributed by atoms with Gasteiger partial charge in [-0.1, -0.05) is 24.3 Å². The molecule has 3 nitrogen and oxygen atoms in total. The Morgan fingerprint density at radius 1 is 1.20 bits per heavy atom. The van der Waals surface area contributed by atoms with Crippen molar-refractivity contribution in [2.45, 2.75) is 50.4 Å². The van der Waals surface area contributed by atoms with E-state index in [1.54, 1.807) is 11.3 Å². The van der Waals surface area contributed by atoms with Crippen molar-refractivity contribution >= 4 is 11.3 Å². The van der Waals surface area contributed by atoms with E-state index in [2.05, 4.69) is 46.0 Å². The van der Waals surface area contributed by atoms with Gasteiger partial charge in [-0.25, -0.2) is 0 Å². The molecule has 0 amide bonds. The van der Waals surface area contributed by atoms with Gasteiger partial charge in [0.15, 0.2) is 0 Å². The van der Waals surface area contributed by atoms with Gasteiger partial charge in [-0.05, 0) is 72.2 Å². The van der Waals surface area contributed by atoms with Gasteiger partial charge in [0.2, 0.25) is 0 Å². The summed E-state index contributed by atoms with van der Waals surface area (Å²) in [5, 5.41) is 14.9. The number of nitrogens with zero attached hydrogens (tertiary/aromatic N) is 1. The maximum atomic E-state index is 10.5. The van der Waals surface area contributed by atoms with Gasteiger partial charge < -0.3 is 9.84 Å². The van der Waals surface area contributed by atoms with Gasteiger partial charge in [0.1, 0.15) is 0 Å². The zero-order valence-corrected chi connectivity index (χ0v) is 15.5. The molecular formula is C21H27NO2S. The minimum Gasteiger partial charge on any atom is -0.389 e. The van der Waals surface area contributed by atoms with Crippen LogP contribution in [0.3, 0.4) is 0 Å². The number of aliphatic hydroxyl groups excluding tert-OH is 1. The predicted molar refractivity (Wildman–Crippen MR) is 102 cm³/mol. The summed E-state index contributed by atoms with van der Waals surface area (Å²) in [6.07, 6.45) is 5.51. The van der Waals surface area contributed by atoms with Crippen LogP contribution in [-0.2, 0) is 11.2 Å². The molecule has 4 heteroatoms. The molecule has 1 aromatic heterocycles. The molecule has 0 radical (unpaired) electrons. The Morgan fingerprint density at radius 2 is 2.12 bits per heavy atom. The normalized spacial score (nSPS) is 25.0. The van der Waals surface area contributed by atoms with Crippen molar-refractivity contribution in [1.82, 2.24) is 4.90 Å². The van der Waals surface area contributed by atoms with E-state index < -0.39 is 6.10 Å². The summed E-state index contributed by atoms with van der Waals surface area (Å²) in [6, 6.07) is 11.3. The number of hydrogen-bond acceptors (Lipinski definition) is 4. The van der Waals surface area contributed by atoms with Crippen molar-refractivity contribution in [2.24, 2.45) is 0 Å². The van der Waals surface area contributed by atoms with Crippen LogP contribution in [0.2, 0.25) is 0 Å². The number of rotatable bonds is 6. The van der Waals surface area contributed by atoms with Crippen molar-refractivity contribution < 1.29 is 9.84 Å². The summed E-state index contributed by atoms with van der Waals surface area (Å²) in [5.41, 5.74) is 4.13. The Balaban J connectivity index is 1.32. The van der Waals surface area contributed by atoms with Gasteiger partial charge in [0.05, 0.1) is 18.8 Å². The molecule has 2 heterocycles. The van der Waals surface area contributed by atoms with E-state index in [4.69, 9.17) is 4.74 Å². The molecule has 1 saturated heterocycles. The van der Waals surface area contributed by atoms with E-state index >= 15 is 0 Å². The molecule has 0 bridgehead atoms. The van der Waals surface area contributed by atoms with Gasteiger partial charge in [0, 0.05) is 12.6 Å². The van der Waals surface area contributed by atoms with Crippen LogP contribution >= 0.6 is 11.3 Å². The second kappa shape index (κ2) is 8.00. The fourth-order valence-electron chi connectivity index (χ4n) is 4.32. The molecule has 3 unspecified atom stereocenters. The Kier molecular flexibility index (Phi) is 5.51. The van der Waals surface area contributed by atoms with E-state index in [0.29, 0.717) is 19.2 Å². The summed E-state index contributed by atoms with van der Waals surface area (Å²) >= 11 is 1.76. The second-order valence-electron chi connectivity index (χ2n) is 7.28. The summed E-state index contributed by atoms with van der Waals surface area (Å²) in [6.45, 7) is 2.20. The average Bonchev–Trinajstić information content (AvgIpc) is 3.31. The molecule has 4 rings (SSSR count). The maximum absolute atomic E-state index is 10.5. The Labute approximate surface area is 154 Å². The zero-order valence-electron chi connectivity index (χ0n) is 14.6.